The van der Waals surface area contributed by atoms with Crippen molar-refractivity contribution in [1.29, 1.82) is 0 Å². The number of hydrogen-bond donors (Lipinski definition) is 0. The van der Waals surface area contributed by atoms with E-state index in [2.05, 4.69) is 0 Å². The van der Waals surface area contributed by atoms with Crippen LogP contribution in [0.3, 0.4) is 0 Å². The molecule has 52 heavy (non-hydrogen) atoms. The van der Waals surface area contributed by atoms with Crippen LogP contribution in [-0.2, 0) is 7.05 Å². The molecule has 0 atom stereocenters. The Morgan fingerprint density at radius 3 is 0.558 bits per heavy atom. The fraction of sp³-hybridized carbons (Fsp3) is 0.0333. The van der Waals surface area contributed by atoms with Gasteiger partial charge in [-0.1, -0.05) is 6.07 Å². The van der Waals surface area contributed by atoms with Gasteiger partial charge in [-0.2, -0.15) is 0 Å². The van der Waals surface area contributed by atoms with Crippen LogP contribution in [0.1, 0.15) is 0 Å². The number of rotatable bonds is 4. The lowest BCUT2D eigenvalue weighted by Crippen LogP contribution is -2.81. The summed E-state index contributed by atoms with van der Waals surface area (Å²) >= 11 is 0. The van der Waals surface area contributed by atoms with E-state index in [-0.39, 0.29) is 0 Å². The van der Waals surface area contributed by atoms with Crippen LogP contribution < -0.4 is 26.4 Å². The maximum Gasteiger partial charge on any atom is 0.200 e. The van der Waals surface area contributed by atoms with Crippen LogP contribution in [0.25, 0.3) is 0 Å². The van der Waals surface area contributed by atoms with Gasteiger partial charge in [-0.3, -0.25) is 0 Å². The molecule has 1 nitrogen and oxygen atoms in total. The SMILES string of the molecule is C[n+]1ccccc1.Fc1c(F)c(F)c([B-](c2c(F)c(F)c(F)c(F)c2F)(c2c(F)c(F)c(F)c(F)c2F)c2c(F)c(F)c(F)c(F)c2F)c(F)c1F. The Bertz CT molecular complexity index is 1880. The van der Waals surface area contributed by atoms with Gasteiger partial charge in [-0.25, -0.2) is 92.4 Å². The van der Waals surface area contributed by atoms with Crippen molar-refractivity contribution in [3.8, 4) is 0 Å². The van der Waals surface area contributed by atoms with E-state index in [1.165, 1.54) is 0 Å². The van der Waals surface area contributed by atoms with Crippen molar-refractivity contribution in [3.63, 3.8) is 0 Å². The van der Waals surface area contributed by atoms with E-state index >= 15 is 35.1 Å². The number of hydrogen-bond acceptors (Lipinski definition) is 0. The average Bonchev–Trinajstić information content (AvgIpc) is 3.12. The molecule has 0 unspecified atom stereocenters. The molecule has 0 saturated carbocycles. The Labute approximate surface area is 274 Å². The fourth-order valence-corrected chi connectivity index (χ4v) is 5.36. The first-order valence-electron chi connectivity index (χ1n) is 13.2. The molecular weight excluding hydrogens is 765 g/mol. The molecule has 1 heterocycles. The number of pyridine rings is 1. The quantitative estimate of drug-likeness (QED) is 0.0660. The minimum absolute atomic E-state index is 2.00. The lowest BCUT2D eigenvalue weighted by atomic mass is 9.12. The van der Waals surface area contributed by atoms with E-state index in [0.29, 0.717) is 0 Å². The second-order valence-electron chi connectivity index (χ2n) is 10.3. The summed E-state index contributed by atoms with van der Waals surface area (Å²) < 4.78 is 296. The van der Waals surface area contributed by atoms with Gasteiger partial charge in [0.05, 0.1) is 0 Å². The second kappa shape index (κ2) is 14.0. The maximum atomic E-state index is 15.4. The minimum Gasteiger partial charge on any atom is -0.208 e. The van der Waals surface area contributed by atoms with Crippen LogP contribution in [0.4, 0.5) is 87.8 Å². The highest BCUT2D eigenvalue weighted by molar-refractivity contribution is 7.20. The molecule has 5 rings (SSSR count). The molecule has 5 aromatic rings. The summed E-state index contributed by atoms with van der Waals surface area (Å²) in [6.07, 6.45) is -3.22. The predicted octanol–water partition coefficient (Wildman–Crippen LogP) is 6.36. The average molecular weight is 773 g/mol. The molecule has 276 valence electrons. The summed E-state index contributed by atoms with van der Waals surface area (Å²) in [6, 6.07) is 6.00. The van der Waals surface area contributed by atoms with E-state index in [0.717, 1.165) is 0 Å². The first kappa shape index (κ1) is 39.5. The topological polar surface area (TPSA) is 3.88 Å². The van der Waals surface area contributed by atoms with Gasteiger partial charge in [0, 0.05) is 12.1 Å². The fourth-order valence-electron chi connectivity index (χ4n) is 5.36. The van der Waals surface area contributed by atoms with Crippen molar-refractivity contribution >= 4 is 28.0 Å². The summed E-state index contributed by atoms with van der Waals surface area (Å²) in [5, 5.41) is 0. The van der Waals surface area contributed by atoms with Crippen LogP contribution in [0.5, 0.6) is 0 Å². The number of aromatic nitrogens is 1. The molecular formula is C30H8BF20N. The number of nitrogens with zero attached hydrogens (tertiary/aromatic N) is 1. The number of benzene rings is 4. The lowest BCUT2D eigenvalue weighted by Gasteiger charge is -2.44. The van der Waals surface area contributed by atoms with Gasteiger partial charge in [-0.15, -0.1) is 21.9 Å². The molecule has 0 bridgehead atoms. The van der Waals surface area contributed by atoms with E-state index in [9.17, 15) is 52.7 Å². The summed E-state index contributed by atoms with van der Waals surface area (Å²) in [7, 11) is 2.00. The summed E-state index contributed by atoms with van der Waals surface area (Å²) in [6.45, 7) is 0. The lowest BCUT2D eigenvalue weighted by molar-refractivity contribution is -0.671. The molecule has 1 aromatic heterocycles. The summed E-state index contributed by atoms with van der Waals surface area (Å²) in [5.74, 6) is -71.4. The third-order valence-corrected chi connectivity index (χ3v) is 7.57. The standard InChI is InChI=1S/C24BF20.C6H8N/c26-5-1(6(27)14(35)21(42)13(5)34)25(2-7(28)15(36)22(43)16(37)8(2)29,3-9(30)17(38)23(44)18(39)10(3)31)4-11(32)19(40)24(45)20(41)12(4)33;1-7-5-3-2-4-6-7/h;2-6H,1H3/q-1;+1. The Hall–Kier alpha value is -5.31. The van der Waals surface area contributed by atoms with Crippen LogP contribution >= 0.6 is 0 Å². The monoisotopic (exact) mass is 773 g/mol. The highest BCUT2D eigenvalue weighted by Gasteiger charge is 2.52. The van der Waals surface area contributed by atoms with Crippen molar-refractivity contribution in [2.24, 2.45) is 7.05 Å². The zero-order valence-electron chi connectivity index (χ0n) is 24.5. The van der Waals surface area contributed by atoms with Crippen molar-refractivity contribution < 1.29 is 92.4 Å². The van der Waals surface area contributed by atoms with Gasteiger partial charge >= 0.3 is 0 Å². The minimum atomic E-state index is -7.22. The predicted molar refractivity (Wildman–Crippen MR) is 137 cm³/mol. The Balaban J connectivity index is 0.000000771. The Morgan fingerprint density at radius 2 is 0.423 bits per heavy atom. The first-order valence-corrected chi connectivity index (χ1v) is 13.2. The van der Waals surface area contributed by atoms with Crippen LogP contribution in [0.15, 0.2) is 30.6 Å². The molecule has 0 radical (unpaired) electrons. The summed E-state index contributed by atoms with van der Waals surface area (Å²) in [5.41, 5.74) is -14.3. The number of halogens is 20. The maximum absolute atomic E-state index is 15.4. The van der Waals surface area contributed by atoms with Gasteiger partial charge in [0.15, 0.2) is 82.2 Å². The van der Waals surface area contributed by atoms with Crippen molar-refractivity contribution in [2.75, 3.05) is 0 Å². The molecule has 0 aliphatic rings. The van der Waals surface area contributed by atoms with Gasteiger partial charge in [0.25, 0.3) is 0 Å². The van der Waals surface area contributed by atoms with Crippen LogP contribution in [-0.4, -0.2) is 6.15 Å². The van der Waals surface area contributed by atoms with Gasteiger partial charge in [0.1, 0.15) is 59.7 Å². The van der Waals surface area contributed by atoms with E-state index < -0.39 is 144 Å². The molecule has 0 saturated heterocycles. The normalized spacial score (nSPS) is 11.6. The summed E-state index contributed by atoms with van der Waals surface area (Å²) in [4.78, 5) is 0. The van der Waals surface area contributed by atoms with Gasteiger partial charge in [-0.05, 0) is 0 Å². The largest absolute Gasteiger partial charge is 0.208 e. The van der Waals surface area contributed by atoms with E-state index in [4.69, 9.17) is 0 Å². The zero-order chi connectivity index (χ0) is 39.5. The van der Waals surface area contributed by atoms with E-state index in [1.807, 2.05) is 42.2 Å². The Morgan fingerprint density at radius 1 is 0.269 bits per heavy atom. The zero-order valence-corrected chi connectivity index (χ0v) is 24.5. The third kappa shape index (κ3) is 5.67. The molecule has 0 spiro atoms. The molecule has 4 aromatic carbocycles. The highest BCUT2D eigenvalue weighted by atomic mass is 19.2. The number of aryl methyl sites for hydroxylation is 1. The highest BCUT2D eigenvalue weighted by Crippen LogP contribution is 2.30. The van der Waals surface area contributed by atoms with Crippen molar-refractivity contribution in [3.05, 3.63) is 147 Å². The van der Waals surface area contributed by atoms with Gasteiger partial charge in [0.2, 0.25) is 0 Å². The Kier molecular flexibility index (Phi) is 10.6. The molecule has 22 heteroatoms. The molecule has 0 aliphatic heterocycles. The third-order valence-electron chi connectivity index (χ3n) is 7.57. The van der Waals surface area contributed by atoms with Crippen molar-refractivity contribution in [1.82, 2.24) is 0 Å². The van der Waals surface area contributed by atoms with Crippen LogP contribution in [0, 0.1) is 116 Å². The second-order valence-corrected chi connectivity index (χ2v) is 10.3. The first-order chi connectivity index (χ1) is 24.1. The molecule has 0 N–H and O–H groups in total. The smallest absolute Gasteiger partial charge is 0.200 e. The van der Waals surface area contributed by atoms with Crippen molar-refractivity contribution in [2.45, 2.75) is 0 Å². The van der Waals surface area contributed by atoms with E-state index in [1.54, 1.807) is 0 Å². The van der Waals surface area contributed by atoms with Gasteiger partial charge < -0.3 is 0 Å². The molecule has 0 amide bonds. The molecule has 0 aliphatic carbocycles. The van der Waals surface area contributed by atoms with Crippen LogP contribution in [0.2, 0.25) is 0 Å². The molecule has 0 fully saturated rings.